The smallest absolute Gasteiger partial charge is 0.304 e. The lowest BCUT2D eigenvalue weighted by molar-refractivity contribution is -0.136. The Morgan fingerprint density at radius 2 is 2.13 bits per heavy atom. The third kappa shape index (κ3) is 8.71. The first-order valence-corrected chi connectivity index (χ1v) is 7.62. The van der Waals surface area contributed by atoms with Crippen LogP contribution in [-0.2, 0) is 14.8 Å². The predicted molar refractivity (Wildman–Crippen MR) is 61.6 cm³/mol. The van der Waals surface area contributed by atoms with Crippen molar-refractivity contribution >= 4 is 27.8 Å². The number of hydrogen-bond acceptors (Lipinski definition) is 4. The molecule has 1 unspecified atom stereocenters. The Morgan fingerprint density at radius 1 is 1.53 bits per heavy atom. The van der Waals surface area contributed by atoms with Gasteiger partial charge in [0.05, 0.1) is 12.2 Å². The maximum atomic E-state index is 11.3. The maximum Gasteiger partial charge on any atom is 0.304 e. The number of nitrogens with one attached hydrogen (secondary N) is 1. The van der Waals surface area contributed by atoms with Crippen molar-refractivity contribution in [3.8, 4) is 0 Å². The highest BCUT2D eigenvalue weighted by atomic mass is 32.2. The van der Waals surface area contributed by atoms with E-state index in [1.807, 2.05) is 6.26 Å². The van der Waals surface area contributed by atoms with Crippen molar-refractivity contribution in [2.75, 3.05) is 17.8 Å². The first-order valence-electron chi connectivity index (χ1n) is 4.58. The van der Waals surface area contributed by atoms with Gasteiger partial charge in [0, 0.05) is 6.04 Å². The van der Waals surface area contributed by atoms with E-state index in [4.69, 9.17) is 5.11 Å². The Labute approximate surface area is 94.7 Å². The second kappa shape index (κ2) is 7.08. The quantitative estimate of drug-likeness (QED) is 0.660. The SMILES string of the molecule is CSCCC(C)NS(=O)(=O)CCC(=O)O. The monoisotopic (exact) mass is 255 g/mol. The first kappa shape index (κ1) is 14.7. The number of carboxylic acids is 1. The van der Waals surface area contributed by atoms with Gasteiger partial charge < -0.3 is 5.11 Å². The first-order chi connectivity index (χ1) is 6.87. The van der Waals surface area contributed by atoms with Crippen molar-refractivity contribution < 1.29 is 18.3 Å². The fourth-order valence-corrected chi connectivity index (χ4v) is 2.82. The van der Waals surface area contributed by atoms with Gasteiger partial charge in [-0.05, 0) is 25.4 Å². The van der Waals surface area contributed by atoms with Crippen molar-refractivity contribution in [1.82, 2.24) is 4.72 Å². The highest BCUT2D eigenvalue weighted by Crippen LogP contribution is 2.02. The minimum Gasteiger partial charge on any atom is -0.481 e. The highest BCUT2D eigenvalue weighted by Gasteiger charge is 2.15. The summed E-state index contributed by atoms with van der Waals surface area (Å²) in [4.78, 5) is 10.2. The average molecular weight is 255 g/mol. The fourth-order valence-electron chi connectivity index (χ4n) is 0.941. The topological polar surface area (TPSA) is 83.5 Å². The Morgan fingerprint density at radius 3 is 2.60 bits per heavy atom. The minimum atomic E-state index is -3.45. The highest BCUT2D eigenvalue weighted by molar-refractivity contribution is 7.98. The van der Waals surface area contributed by atoms with Gasteiger partial charge in [-0.25, -0.2) is 13.1 Å². The van der Waals surface area contributed by atoms with Crippen LogP contribution in [0.15, 0.2) is 0 Å². The van der Waals surface area contributed by atoms with Gasteiger partial charge >= 0.3 is 5.97 Å². The van der Waals surface area contributed by atoms with E-state index in [0.29, 0.717) is 0 Å². The summed E-state index contributed by atoms with van der Waals surface area (Å²) >= 11 is 1.65. The second-order valence-electron chi connectivity index (χ2n) is 3.26. The molecule has 0 saturated heterocycles. The maximum absolute atomic E-state index is 11.3. The van der Waals surface area contributed by atoms with Crippen LogP contribution in [0, 0.1) is 0 Å². The van der Waals surface area contributed by atoms with Crippen LogP contribution in [-0.4, -0.2) is 43.3 Å². The zero-order valence-electron chi connectivity index (χ0n) is 8.89. The van der Waals surface area contributed by atoms with Crippen LogP contribution >= 0.6 is 11.8 Å². The van der Waals surface area contributed by atoms with Crippen molar-refractivity contribution in [2.24, 2.45) is 0 Å². The second-order valence-corrected chi connectivity index (χ2v) is 6.12. The number of thioether (sulfide) groups is 1. The molecule has 5 nitrogen and oxygen atoms in total. The molecule has 0 amide bonds. The molecule has 15 heavy (non-hydrogen) atoms. The molecule has 0 saturated carbocycles. The van der Waals surface area contributed by atoms with Crippen LogP contribution in [0.4, 0.5) is 0 Å². The van der Waals surface area contributed by atoms with E-state index in [-0.39, 0.29) is 18.2 Å². The molecule has 0 bridgehead atoms. The van der Waals surface area contributed by atoms with Gasteiger partial charge in [0.1, 0.15) is 0 Å². The molecule has 0 heterocycles. The molecule has 0 aromatic heterocycles. The molecule has 2 N–H and O–H groups in total. The van der Waals surface area contributed by atoms with Gasteiger partial charge in [0.15, 0.2) is 0 Å². The normalized spacial score (nSPS) is 13.7. The van der Waals surface area contributed by atoms with Gasteiger partial charge in [-0.15, -0.1) is 0 Å². The standard InChI is InChI=1S/C8H17NO4S2/c1-7(3-5-14-2)9-15(12,13)6-4-8(10)11/h7,9H,3-6H2,1-2H3,(H,10,11). The molecule has 0 aromatic rings. The third-order valence-corrected chi connectivity index (χ3v) is 3.87. The molecule has 0 rings (SSSR count). The summed E-state index contributed by atoms with van der Waals surface area (Å²) in [6.45, 7) is 1.77. The van der Waals surface area contributed by atoms with Gasteiger partial charge in [-0.3, -0.25) is 4.79 Å². The fraction of sp³-hybridized carbons (Fsp3) is 0.875. The molecule has 7 heteroatoms. The van der Waals surface area contributed by atoms with Crippen molar-refractivity contribution in [1.29, 1.82) is 0 Å². The van der Waals surface area contributed by atoms with E-state index in [0.717, 1.165) is 12.2 Å². The average Bonchev–Trinajstić information content (AvgIpc) is 2.11. The van der Waals surface area contributed by atoms with Crippen molar-refractivity contribution in [3.05, 3.63) is 0 Å². The van der Waals surface area contributed by atoms with Gasteiger partial charge in [0.2, 0.25) is 10.0 Å². The Hall–Kier alpha value is -0.270. The number of carbonyl (C=O) groups is 1. The number of carboxylic acid groups (broad SMARTS) is 1. The summed E-state index contributed by atoms with van der Waals surface area (Å²) in [6, 6.07) is -0.142. The van der Waals surface area contributed by atoms with E-state index in [1.165, 1.54) is 0 Å². The van der Waals surface area contributed by atoms with Crippen LogP contribution in [0.1, 0.15) is 19.8 Å². The molecule has 0 aliphatic carbocycles. The molecule has 0 fully saturated rings. The molecule has 0 aliphatic rings. The zero-order valence-corrected chi connectivity index (χ0v) is 10.5. The van der Waals surface area contributed by atoms with E-state index in [9.17, 15) is 13.2 Å². The molecule has 1 atom stereocenters. The van der Waals surface area contributed by atoms with Crippen LogP contribution in [0.2, 0.25) is 0 Å². The minimum absolute atomic E-state index is 0.142. The summed E-state index contributed by atoms with van der Waals surface area (Å²) in [5.41, 5.74) is 0. The molecule has 0 aromatic carbocycles. The Kier molecular flexibility index (Phi) is 6.95. The lowest BCUT2D eigenvalue weighted by Gasteiger charge is -2.12. The van der Waals surface area contributed by atoms with E-state index in [1.54, 1.807) is 18.7 Å². The molecular weight excluding hydrogens is 238 g/mol. The number of aliphatic carboxylic acids is 1. The number of sulfonamides is 1. The summed E-state index contributed by atoms with van der Waals surface area (Å²) in [6.07, 6.45) is 2.34. The molecular formula is C8H17NO4S2. The van der Waals surface area contributed by atoms with E-state index < -0.39 is 16.0 Å². The summed E-state index contributed by atoms with van der Waals surface area (Å²) in [5, 5.41) is 8.36. The van der Waals surface area contributed by atoms with Gasteiger partial charge in [0.25, 0.3) is 0 Å². The van der Waals surface area contributed by atoms with Crippen molar-refractivity contribution in [3.63, 3.8) is 0 Å². The van der Waals surface area contributed by atoms with E-state index in [2.05, 4.69) is 4.72 Å². The van der Waals surface area contributed by atoms with Crippen LogP contribution in [0.25, 0.3) is 0 Å². The van der Waals surface area contributed by atoms with Gasteiger partial charge in [-0.2, -0.15) is 11.8 Å². The molecule has 90 valence electrons. The van der Waals surface area contributed by atoms with Crippen molar-refractivity contribution in [2.45, 2.75) is 25.8 Å². The summed E-state index contributed by atoms with van der Waals surface area (Å²) < 4.78 is 25.1. The van der Waals surface area contributed by atoms with Crippen LogP contribution in [0.5, 0.6) is 0 Å². The zero-order chi connectivity index (χ0) is 11.9. The summed E-state index contributed by atoms with van der Waals surface area (Å²) in [5.74, 6) is -0.577. The predicted octanol–water partition coefficient (Wildman–Crippen LogP) is 0.522. The van der Waals surface area contributed by atoms with Gasteiger partial charge in [-0.1, -0.05) is 0 Å². The lowest BCUT2D eigenvalue weighted by Crippen LogP contribution is -2.35. The van der Waals surface area contributed by atoms with Crippen LogP contribution < -0.4 is 4.72 Å². The Bertz CT molecular complexity index is 289. The number of hydrogen-bond donors (Lipinski definition) is 2. The van der Waals surface area contributed by atoms with Crippen LogP contribution in [0.3, 0.4) is 0 Å². The molecule has 0 aliphatic heterocycles. The Balaban J connectivity index is 3.96. The molecule has 0 radical (unpaired) electrons. The number of rotatable bonds is 8. The summed E-state index contributed by atoms with van der Waals surface area (Å²) in [7, 11) is -3.45. The molecule has 0 spiro atoms. The largest absolute Gasteiger partial charge is 0.481 e. The third-order valence-electron chi connectivity index (χ3n) is 1.72. The lowest BCUT2D eigenvalue weighted by atomic mass is 10.3. The van der Waals surface area contributed by atoms with E-state index >= 15 is 0 Å².